The largest absolute Gasteiger partial charge is 0.476 e. The molecule has 1 aliphatic heterocycles. The number of hydrogen-bond donors (Lipinski definition) is 3. The van der Waals surface area contributed by atoms with Crippen LogP contribution in [0.15, 0.2) is 11.1 Å². The molecule has 1 aliphatic rings. The topological polar surface area (TPSA) is 57.6 Å². The number of nitrogens with one attached hydrogen (secondary N) is 2. The predicted molar refractivity (Wildman–Crippen MR) is 83.9 cm³/mol. The lowest BCUT2D eigenvalue weighted by molar-refractivity contribution is 0.0315. The van der Waals surface area contributed by atoms with Crippen molar-refractivity contribution < 1.29 is 9.47 Å². The van der Waals surface area contributed by atoms with Crippen LogP contribution in [-0.4, -0.2) is 56.8 Å². The molecule has 0 saturated carbocycles. The molecule has 0 radical (unpaired) electrons. The van der Waals surface area contributed by atoms with Gasteiger partial charge in [0.1, 0.15) is 6.61 Å². The summed E-state index contributed by atoms with van der Waals surface area (Å²) in [6.45, 7) is 7.80. The summed E-state index contributed by atoms with van der Waals surface area (Å²) in [6, 6.07) is 0. The average molecular weight is 305 g/mol. The van der Waals surface area contributed by atoms with E-state index in [1.165, 1.54) is 10.8 Å². The van der Waals surface area contributed by atoms with Crippen molar-refractivity contribution in [2.75, 3.05) is 46.0 Å². The number of rotatable bonds is 8. The van der Waals surface area contributed by atoms with Gasteiger partial charge in [-0.2, -0.15) is 0 Å². The summed E-state index contributed by atoms with van der Waals surface area (Å²) in [5.41, 5.74) is 0. The quantitative estimate of drug-likeness (QED) is 0.210. The lowest BCUT2D eigenvalue weighted by Gasteiger charge is -2.26. The van der Waals surface area contributed by atoms with Gasteiger partial charge in [0.15, 0.2) is 0 Å². The van der Waals surface area contributed by atoms with Crippen molar-refractivity contribution in [2.45, 2.75) is 13.3 Å². The smallest absolute Gasteiger partial charge is 0.222 e. The van der Waals surface area contributed by atoms with Gasteiger partial charge in [0.05, 0.1) is 18.1 Å². The van der Waals surface area contributed by atoms with Crippen LogP contribution in [0.4, 0.5) is 0 Å². The Morgan fingerprint density at radius 3 is 2.89 bits per heavy atom. The highest BCUT2D eigenvalue weighted by atomic mass is 33.1. The molecule has 0 spiro atoms. The fourth-order valence-electron chi connectivity index (χ4n) is 1.62. The van der Waals surface area contributed by atoms with Gasteiger partial charge >= 0.3 is 0 Å². The van der Waals surface area contributed by atoms with Crippen LogP contribution in [0, 0.1) is 5.41 Å². The second-order valence-electron chi connectivity index (χ2n) is 4.19. The van der Waals surface area contributed by atoms with E-state index in [0.717, 1.165) is 45.8 Å². The summed E-state index contributed by atoms with van der Waals surface area (Å²) in [6.07, 6.45) is 2.84. The minimum atomic E-state index is 0.178. The number of ether oxygens (including phenoxy) is 2. The highest BCUT2D eigenvalue weighted by Crippen LogP contribution is 2.20. The third-order valence-corrected chi connectivity index (χ3v) is 3.80. The normalized spacial score (nSPS) is 17.3. The first-order chi connectivity index (χ1) is 9.27. The number of hydrogen-bond acceptors (Lipinski definition) is 7. The molecule has 0 aliphatic carbocycles. The van der Waals surface area contributed by atoms with E-state index in [4.69, 9.17) is 14.9 Å². The van der Waals surface area contributed by atoms with Crippen molar-refractivity contribution in [3.05, 3.63) is 11.1 Å². The van der Waals surface area contributed by atoms with E-state index < -0.39 is 0 Å². The first kappa shape index (κ1) is 16.7. The molecule has 0 bridgehead atoms. The molecule has 5 nitrogen and oxygen atoms in total. The van der Waals surface area contributed by atoms with E-state index in [1.807, 2.05) is 0 Å². The molecule has 19 heavy (non-hydrogen) atoms. The fraction of sp³-hybridized carbons (Fsp3) is 0.750. The fourth-order valence-corrected chi connectivity index (χ4v) is 2.30. The van der Waals surface area contributed by atoms with Crippen LogP contribution in [0.2, 0.25) is 0 Å². The molecule has 0 aromatic carbocycles. The average Bonchev–Trinajstić information content (AvgIpc) is 2.44. The molecule has 110 valence electrons. The molecule has 0 amide bonds. The summed E-state index contributed by atoms with van der Waals surface area (Å²) in [7, 11) is 1.22. The van der Waals surface area contributed by atoms with Crippen molar-refractivity contribution in [2.24, 2.45) is 0 Å². The van der Waals surface area contributed by atoms with Crippen LogP contribution in [0.25, 0.3) is 0 Å². The maximum atomic E-state index is 7.86. The number of thiol groups is 1. The first-order valence-corrected chi connectivity index (χ1v) is 8.41. The lowest BCUT2D eigenvalue weighted by Crippen LogP contribution is -2.38. The van der Waals surface area contributed by atoms with Crippen LogP contribution < -0.4 is 5.32 Å². The lowest BCUT2D eigenvalue weighted by atomic mass is 10.4. The van der Waals surface area contributed by atoms with Crippen molar-refractivity contribution in [3.63, 3.8) is 0 Å². The highest BCUT2D eigenvalue weighted by Gasteiger charge is 2.11. The van der Waals surface area contributed by atoms with Crippen LogP contribution in [0.5, 0.6) is 0 Å². The molecule has 1 fully saturated rings. The van der Waals surface area contributed by atoms with Gasteiger partial charge in [0.25, 0.3) is 0 Å². The monoisotopic (exact) mass is 305 g/mol. The Morgan fingerprint density at radius 1 is 1.53 bits per heavy atom. The summed E-state index contributed by atoms with van der Waals surface area (Å²) < 4.78 is 10.7. The van der Waals surface area contributed by atoms with E-state index in [-0.39, 0.29) is 5.90 Å². The molecule has 0 aromatic rings. The van der Waals surface area contributed by atoms with Gasteiger partial charge in [0, 0.05) is 32.4 Å². The van der Waals surface area contributed by atoms with E-state index >= 15 is 0 Å². The zero-order valence-electron chi connectivity index (χ0n) is 11.4. The zero-order chi connectivity index (χ0) is 13.9. The Balaban J connectivity index is 2.22. The van der Waals surface area contributed by atoms with Crippen molar-refractivity contribution in [1.29, 1.82) is 5.41 Å². The van der Waals surface area contributed by atoms with Crippen LogP contribution in [0.3, 0.4) is 0 Å². The van der Waals surface area contributed by atoms with E-state index in [0.29, 0.717) is 11.5 Å². The molecule has 0 aromatic heterocycles. The van der Waals surface area contributed by atoms with E-state index in [9.17, 15) is 0 Å². The summed E-state index contributed by atoms with van der Waals surface area (Å²) in [5.74, 6) is 0.178. The summed E-state index contributed by atoms with van der Waals surface area (Å²) in [5, 5.41) is 11.0. The molecule has 1 rings (SSSR count). The van der Waals surface area contributed by atoms with Gasteiger partial charge in [-0.25, -0.2) is 0 Å². The van der Waals surface area contributed by atoms with E-state index in [1.54, 1.807) is 6.20 Å². The van der Waals surface area contributed by atoms with Gasteiger partial charge in [0.2, 0.25) is 5.90 Å². The molecule has 0 unspecified atom stereocenters. The molecule has 7 heteroatoms. The first-order valence-electron chi connectivity index (χ1n) is 6.54. The SMILES string of the molecule is CCCN/C=C(/SS)C(=N)OCCN1CCOCC1. The Bertz CT molecular complexity index is 295. The number of nitrogens with zero attached hydrogens (tertiary/aromatic N) is 1. The number of morpholine rings is 1. The molecule has 2 N–H and O–H groups in total. The van der Waals surface area contributed by atoms with Gasteiger partial charge < -0.3 is 14.8 Å². The maximum Gasteiger partial charge on any atom is 0.222 e. The van der Waals surface area contributed by atoms with Crippen molar-refractivity contribution >= 4 is 28.4 Å². The van der Waals surface area contributed by atoms with E-state index in [2.05, 4.69) is 28.8 Å². The Labute approximate surface area is 124 Å². The molecule has 1 heterocycles. The summed E-state index contributed by atoms with van der Waals surface area (Å²) in [4.78, 5) is 2.99. The third-order valence-electron chi connectivity index (χ3n) is 2.71. The van der Waals surface area contributed by atoms with Crippen molar-refractivity contribution in [1.82, 2.24) is 10.2 Å². The zero-order valence-corrected chi connectivity index (χ0v) is 13.1. The summed E-state index contributed by atoms with van der Waals surface area (Å²) >= 11 is 4.14. The second kappa shape index (κ2) is 10.4. The highest BCUT2D eigenvalue weighted by molar-refractivity contribution is 8.70. The van der Waals surface area contributed by atoms with Gasteiger partial charge in [-0.05, 0) is 6.42 Å². The molecule has 0 atom stereocenters. The second-order valence-corrected chi connectivity index (χ2v) is 5.36. The molecular weight excluding hydrogens is 282 g/mol. The van der Waals surface area contributed by atoms with Crippen LogP contribution in [-0.2, 0) is 9.47 Å². The van der Waals surface area contributed by atoms with Gasteiger partial charge in [-0.3, -0.25) is 10.3 Å². The minimum Gasteiger partial charge on any atom is -0.476 e. The van der Waals surface area contributed by atoms with Gasteiger partial charge in [-0.1, -0.05) is 17.7 Å². The van der Waals surface area contributed by atoms with Crippen LogP contribution >= 0.6 is 22.5 Å². The Hall–Kier alpha value is -0.370. The van der Waals surface area contributed by atoms with Crippen LogP contribution in [0.1, 0.15) is 13.3 Å². The Morgan fingerprint density at radius 2 is 2.26 bits per heavy atom. The predicted octanol–water partition coefficient (Wildman–Crippen LogP) is 1.73. The maximum absolute atomic E-state index is 7.86. The third kappa shape index (κ3) is 7.10. The molecular formula is C12H23N3O2S2. The standard InChI is InChI=1S/C12H23N3O2S2/c1-2-3-14-10-11(19-18)12(13)17-9-6-15-4-7-16-8-5-15/h10,13-14,18H,2-9H2,1H3/b11-10+,13-12?. The minimum absolute atomic E-state index is 0.178. The Kier molecular flexibility index (Phi) is 9.15. The molecule has 1 saturated heterocycles. The van der Waals surface area contributed by atoms with Gasteiger partial charge in [-0.15, -0.1) is 11.7 Å². The van der Waals surface area contributed by atoms with Crippen molar-refractivity contribution in [3.8, 4) is 0 Å².